The monoisotopic (exact) mass is 279 g/mol. The van der Waals surface area contributed by atoms with Crippen molar-refractivity contribution in [2.75, 3.05) is 0 Å². The third kappa shape index (κ3) is 2.55. The maximum absolute atomic E-state index is 12.7. The number of halogens is 3. The zero-order chi connectivity index (χ0) is 14.4. The first-order chi connectivity index (χ1) is 8.66. The Balaban J connectivity index is 2.06. The van der Waals surface area contributed by atoms with Crippen molar-refractivity contribution >= 4 is 11.9 Å². The van der Waals surface area contributed by atoms with Gasteiger partial charge in [-0.05, 0) is 31.6 Å². The molecule has 0 aromatic rings. The molecule has 2 N–H and O–H groups in total. The first-order valence-corrected chi connectivity index (χ1v) is 6.28. The largest absolute Gasteiger partial charge is 0.481 e. The molecule has 0 aromatic carbocycles. The Labute approximate surface area is 108 Å². The number of rotatable bonds is 3. The van der Waals surface area contributed by atoms with E-state index in [1.807, 2.05) is 5.32 Å². The molecule has 3 atom stereocenters. The van der Waals surface area contributed by atoms with Gasteiger partial charge in [-0.2, -0.15) is 13.2 Å². The average Bonchev–Trinajstić information content (AvgIpc) is 2.93. The number of hydrogen-bond donors (Lipinski definition) is 2. The van der Waals surface area contributed by atoms with Crippen molar-refractivity contribution in [3.63, 3.8) is 0 Å². The molecule has 0 bridgehead atoms. The molecule has 2 rings (SSSR count). The molecule has 108 valence electrons. The highest BCUT2D eigenvalue weighted by atomic mass is 19.4. The minimum Gasteiger partial charge on any atom is -0.481 e. The summed E-state index contributed by atoms with van der Waals surface area (Å²) in [6.07, 6.45) is -4.04. The fraction of sp³-hybridized carbons (Fsp3) is 0.833. The molecule has 7 heteroatoms. The maximum atomic E-state index is 12.7. The van der Waals surface area contributed by atoms with Crippen LogP contribution < -0.4 is 5.32 Å². The van der Waals surface area contributed by atoms with Gasteiger partial charge in [0.1, 0.15) is 5.54 Å². The second-order valence-electron chi connectivity index (χ2n) is 5.70. The third-order valence-corrected chi connectivity index (χ3v) is 4.11. The number of alkyl halides is 3. The lowest BCUT2D eigenvalue weighted by molar-refractivity contribution is -0.172. The van der Waals surface area contributed by atoms with E-state index in [4.69, 9.17) is 5.11 Å². The van der Waals surface area contributed by atoms with Crippen molar-refractivity contribution in [3.8, 4) is 0 Å². The van der Waals surface area contributed by atoms with Crippen LogP contribution in [0.2, 0.25) is 0 Å². The summed E-state index contributed by atoms with van der Waals surface area (Å²) in [6, 6.07) is 0. The van der Waals surface area contributed by atoms with Gasteiger partial charge in [-0.15, -0.1) is 0 Å². The third-order valence-electron chi connectivity index (χ3n) is 4.11. The molecule has 2 saturated carbocycles. The van der Waals surface area contributed by atoms with E-state index in [-0.39, 0.29) is 18.8 Å². The lowest BCUT2D eigenvalue weighted by Crippen LogP contribution is -2.50. The van der Waals surface area contributed by atoms with Gasteiger partial charge < -0.3 is 10.4 Å². The molecule has 4 nitrogen and oxygen atoms in total. The summed E-state index contributed by atoms with van der Waals surface area (Å²) in [5.41, 5.74) is -2.11. The molecule has 19 heavy (non-hydrogen) atoms. The van der Waals surface area contributed by atoms with Crippen LogP contribution in [0.1, 0.15) is 32.6 Å². The first-order valence-electron chi connectivity index (χ1n) is 6.28. The Kier molecular flexibility index (Phi) is 3.26. The molecule has 0 radical (unpaired) electrons. The van der Waals surface area contributed by atoms with Crippen LogP contribution in [0.3, 0.4) is 0 Å². The normalized spacial score (nSPS) is 32.9. The number of carboxylic acids is 1. The molecule has 0 aliphatic heterocycles. The van der Waals surface area contributed by atoms with E-state index in [1.54, 1.807) is 6.92 Å². The van der Waals surface area contributed by atoms with Crippen molar-refractivity contribution < 1.29 is 27.9 Å². The van der Waals surface area contributed by atoms with Crippen LogP contribution >= 0.6 is 0 Å². The number of nitrogens with one attached hydrogen (secondary N) is 1. The Bertz CT molecular complexity index is 404. The van der Waals surface area contributed by atoms with E-state index in [0.717, 1.165) is 0 Å². The van der Waals surface area contributed by atoms with Gasteiger partial charge in [0.2, 0.25) is 5.91 Å². The summed E-state index contributed by atoms with van der Waals surface area (Å²) in [5.74, 6) is -3.57. The van der Waals surface area contributed by atoms with Crippen molar-refractivity contribution in [2.45, 2.75) is 44.3 Å². The van der Waals surface area contributed by atoms with Crippen LogP contribution in [-0.4, -0.2) is 28.7 Å². The van der Waals surface area contributed by atoms with Crippen molar-refractivity contribution in [1.82, 2.24) is 5.32 Å². The minimum absolute atomic E-state index is 0.0397. The van der Waals surface area contributed by atoms with Gasteiger partial charge in [-0.25, -0.2) is 0 Å². The standard InChI is InChI=1S/C12H16F3NO3/c1-6-4-7(8(5-6)10(18)19)9(17)16-11(2-3-11)12(13,14)15/h6-8H,2-5H2,1H3,(H,16,17)(H,18,19). The smallest absolute Gasteiger partial charge is 0.411 e. The Morgan fingerprint density at radius 2 is 1.74 bits per heavy atom. The molecule has 2 aliphatic carbocycles. The van der Waals surface area contributed by atoms with Crippen LogP contribution in [0.15, 0.2) is 0 Å². The zero-order valence-electron chi connectivity index (χ0n) is 10.5. The zero-order valence-corrected chi connectivity index (χ0v) is 10.5. The van der Waals surface area contributed by atoms with Gasteiger partial charge in [0.25, 0.3) is 0 Å². The summed E-state index contributed by atoms with van der Waals surface area (Å²) in [4.78, 5) is 23.0. The summed E-state index contributed by atoms with van der Waals surface area (Å²) in [6.45, 7) is 1.81. The number of hydrogen-bond acceptors (Lipinski definition) is 2. The molecule has 0 saturated heterocycles. The summed E-state index contributed by atoms with van der Waals surface area (Å²) in [7, 11) is 0. The average molecular weight is 279 g/mol. The number of carboxylic acid groups (broad SMARTS) is 1. The van der Waals surface area contributed by atoms with Gasteiger partial charge in [0.15, 0.2) is 0 Å². The van der Waals surface area contributed by atoms with Gasteiger partial charge in [-0.3, -0.25) is 9.59 Å². The first kappa shape index (κ1) is 14.1. The topological polar surface area (TPSA) is 66.4 Å². The molecule has 0 heterocycles. The highest BCUT2D eigenvalue weighted by molar-refractivity contribution is 5.86. The maximum Gasteiger partial charge on any atom is 0.411 e. The molecule has 2 aliphatic rings. The molecular formula is C12H16F3NO3. The van der Waals surface area contributed by atoms with Crippen LogP contribution in [-0.2, 0) is 9.59 Å². The van der Waals surface area contributed by atoms with E-state index in [2.05, 4.69) is 0 Å². The number of carbonyl (C=O) groups is 2. The summed E-state index contributed by atoms with van der Waals surface area (Å²) in [5, 5.41) is 11.0. The molecule has 0 spiro atoms. The predicted octanol–water partition coefficient (Wildman–Crippen LogP) is 1.94. The second-order valence-corrected chi connectivity index (χ2v) is 5.70. The van der Waals surface area contributed by atoms with Crippen LogP contribution in [0, 0.1) is 17.8 Å². The van der Waals surface area contributed by atoms with Crippen molar-refractivity contribution in [1.29, 1.82) is 0 Å². The van der Waals surface area contributed by atoms with Gasteiger partial charge in [-0.1, -0.05) is 6.92 Å². The fourth-order valence-corrected chi connectivity index (χ4v) is 2.79. The quantitative estimate of drug-likeness (QED) is 0.829. The van der Waals surface area contributed by atoms with Crippen molar-refractivity contribution in [3.05, 3.63) is 0 Å². The van der Waals surface area contributed by atoms with Gasteiger partial charge >= 0.3 is 12.1 Å². The van der Waals surface area contributed by atoms with Crippen LogP contribution in [0.4, 0.5) is 13.2 Å². The fourth-order valence-electron chi connectivity index (χ4n) is 2.79. The van der Waals surface area contributed by atoms with Crippen LogP contribution in [0.5, 0.6) is 0 Å². The summed E-state index contributed by atoms with van der Waals surface area (Å²) >= 11 is 0. The Morgan fingerprint density at radius 3 is 2.16 bits per heavy atom. The number of aliphatic carboxylic acids is 1. The van der Waals surface area contributed by atoms with Crippen LogP contribution in [0.25, 0.3) is 0 Å². The Hall–Kier alpha value is -1.27. The SMILES string of the molecule is CC1CC(C(=O)O)C(C(=O)NC2(C(F)(F)F)CC2)C1. The predicted molar refractivity (Wildman–Crippen MR) is 59.2 cm³/mol. The van der Waals surface area contributed by atoms with E-state index in [0.29, 0.717) is 12.8 Å². The second kappa shape index (κ2) is 4.38. The molecule has 2 fully saturated rings. The molecule has 1 amide bonds. The number of carbonyl (C=O) groups excluding carboxylic acids is 1. The lowest BCUT2D eigenvalue weighted by atomic mass is 9.95. The molecular weight excluding hydrogens is 263 g/mol. The van der Waals surface area contributed by atoms with E-state index < -0.39 is 35.4 Å². The Morgan fingerprint density at radius 1 is 1.21 bits per heavy atom. The highest BCUT2D eigenvalue weighted by Gasteiger charge is 2.64. The van der Waals surface area contributed by atoms with Gasteiger partial charge in [0, 0.05) is 0 Å². The lowest BCUT2D eigenvalue weighted by Gasteiger charge is -2.24. The van der Waals surface area contributed by atoms with Crippen molar-refractivity contribution in [2.24, 2.45) is 17.8 Å². The summed E-state index contributed by atoms with van der Waals surface area (Å²) < 4.78 is 38.2. The molecule has 3 unspecified atom stereocenters. The molecule has 0 aromatic heterocycles. The highest BCUT2D eigenvalue weighted by Crippen LogP contribution is 2.49. The van der Waals surface area contributed by atoms with E-state index >= 15 is 0 Å². The van der Waals surface area contributed by atoms with E-state index in [9.17, 15) is 22.8 Å². The van der Waals surface area contributed by atoms with Gasteiger partial charge in [0.05, 0.1) is 11.8 Å². The van der Waals surface area contributed by atoms with E-state index in [1.165, 1.54) is 0 Å². The number of amides is 1. The minimum atomic E-state index is -4.47.